The smallest absolute Gasteiger partial charge is 0.408 e. The van der Waals surface area contributed by atoms with E-state index >= 15 is 0 Å². The molecule has 0 saturated carbocycles. The first kappa shape index (κ1) is 11.8. The molecule has 1 saturated heterocycles. The standard InChI is InChI=1S/C11H14N3.ClH/c1-9-4-5-11(10(8-9)13-12)14-6-2-3-7-14;/h4-5,8H,2-3,6-7H2,1H3;1H/q+1;/p-1. The molecule has 0 atom stereocenters. The molecular weight excluding hydrogens is 210 g/mol. The third-order valence-corrected chi connectivity index (χ3v) is 2.69. The van der Waals surface area contributed by atoms with E-state index in [0.717, 1.165) is 24.3 Å². The fourth-order valence-electron chi connectivity index (χ4n) is 1.94. The van der Waals surface area contributed by atoms with Gasteiger partial charge in [0.2, 0.25) is 5.39 Å². The SMILES string of the molecule is Cc1ccc(N2CCCC2)c([N+]#N)c1.[Cl-]. The van der Waals surface area contributed by atoms with Gasteiger partial charge in [0.1, 0.15) is 5.69 Å². The second-order valence-corrected chi connectivity index (χ2v) is 3.79. The highest BCUT2D eigenvalue weighted by molar-refractivity contribution is 5.71. The molecule has 0 bridgehead atoms. The first-order chi connectivity index (χ1) is 6.81. The quantitative estimate of drug-likeness (QED) is 0.632. The molecule has 1 aromatic carbocycles. The molecule has 0 N–H and O–H groups in total. The number of aryl methyl sites for hydroxylation is 1. The number of rotatable bonds is 1. The minimum Gasteiger partial charge on any atom is -1.00 e. The van der Waals surface area contributed by atoms with E-state index < -0.39 is 0 Å². The van der Waals surface area contributed by atoms with Gasteiger partial charge in [-0.1, -0.05) is 6.07 Å². The summed E-state index contributed by atoms with van der Waals surface area (Å²) in [6.45, 7) is 4.15. The molecule has 80 valence electrons. The third-order valence-electron chi connectivity index (χ3n) is 2.69. The van der Waals surface area contributed by atoms with Gasteiger partial charge in [0, 0.05) is 19.2 Å². The summed E-state index contributed by atoms with van der Waals surface area (Å²) >= 11 is 0. The maximum atomic E-state index is 8.90. The molecule has 4 heteroatoms. The van der Waals surface area contributed by atoms with E-state index in [1.165, 1.54) is 12.8 Å². The van der Waals surface area contributed by atoms with Crippen molar-refractivity contribution in [2.24, 2.45) is 0 Å². The summed E-state index contributed by atoms with van der Waals surface area (Å²) in [7, 11) is 0. The lowest BCUT2D eigenvalue weighted by atomic mass is 10.2. The van der Waals surface area contributed by atoms with Crippen molar-refractivity contribution in [2.45, 2.75) is 19.8 Å². The Morgan fingerprint density at radius 1 is 1.27 bits per heavy atom. The van der Waals surface area contributed by atoms with Crippen molar-refractivity contribution >= 4 is 11.4 Å². The predicted molar refractivity (Wildman–Crippen MR) is 57.4 cm³/mol. The van der Waals surface area contributed by atoms with Gasteiger partial charge in [-0.2, -0.15) is 0 Å². The van der Waals surface area contributed by atoms with Gasteiger partial charge in [-0.05, 0) is 31.4 Å². The maximum absolute atomic E-state index is 8.90. The number of diazo groups is 1. The first-order valence-corrected chi connectivity index (χ1v) is 5.02. The lowest BCUT2D eigenvalue weighted by molar-refractivity contribution is -0.00000313. The molecular formula is C11H14ClN3. The minimum atomic E-state index is 0. The van der Waals surface area contributed by atoms with Crippen molar-refractivity contribution in [3.8, 4) is 0 Å². The van der Waals surface area contributed by atoms with Gasteiger partial charge in [-0.3, -0.25) is 0 Å². The van der Waals surface area contributed by atoms with Crippen LogP contribution in [0.2, 0.25) is 0 Å². The predicted octanol–water partition coefficient (Wildman–Crippen LogP) is 0.0838. The third kappa shape index (κ3) is 2.40. The Balaban J connectivity index is 0.00000112. The van der Waals surface area contributed by atoms with E-state index in [-0.39, 0.29) is 12.4 Å². The second-order valence-electron chi connectivity index (χ2n) is 3.79. The van der Waals surface area contributed by atoms with Gasteiger partial charge in [-0.25, -0.2) is 0 Å². The van der Waals surface area contributed by atoms with Crippen LogP contribution in [0.4, 0.5) is 11.4 Å². The van der Waals surface area contributed by atoms with Crippen molar-refractivity contribution in [1.82, 2.24) is 0 Å². The highest BCUT2D eigenvalue weighted by atomic mass is 35.5. The molecule has 2 rings (SSSR count). The molecule has 1 heterocycles. The van der Waals surface area contributed by atoms with Crippen molar-refractivity contribution in [1.29, 1.82) is 5.39 Å². The Morgan fingerprint density at radius 2 is 1.93 bits per heavy atom. The van der Waals surface area contributed by atoms with Crippen molar-refractivity contribution in [3.63, 3.8) is 0 Å². The molecule has 1 aliphatic heterocycles. The summed E-state index contributed by atoms with van der Waals surface area (Å²) in [5.74, 6) is 0. The Hall–Kier alpha value is -1.27. The maximum Gasteiger partial charge on any atom is 0.408 e. The average molecular weight is 224 g/mol. The number of hydrogen-bond donors (Lipinski definition) is 0. The Bertz CT molecular complexity index is 378. The van der Waals surface area contributed by atoms with E-state index in [1.54, 1.807) is 0 Å². The summed E-state index contributed by atoms with van der Waals surface area (Å²) in [6.07, 6.45) is 2.47. The Morgan fingerprint density at radius 3 is 2.53 bits per heavy atom. The molecule has 0 amide bonds. The number of anilines is 1. The van der Waals surface area contributed by atoms with Crippen LogP contribution in [0.15, 0.2) is 18.2 Å². The molecule has 0 aliphatic carbocycles. The molecule has 0 unspecified atom stereocenters. The highest BCUT2D eigenvalue weighted by Crippen LogP contribution is 2.31. The first-order valence-electron chi connectivity index (χ1n) is 5.02. The molecule has 0 radical (unpaired) electrons. The van der Waals surface area contributed by atoms with Crippen LogP contribution in [0.1, 0.15) is 18.4 Å². The zero-order valence-electron chi connectivity index (χ0n) is 8.78. The largest absolute Gasteiger partial charge is 1.00 e. The van der Waals surface area contributed by atoms with E-state index in [4.69, 9.17) is 5.39 Å². The fraction of sp³-hybridized carbons (Fsp3) is 0.455. The van der Waals surface area contributed by atoms with Crippen LogP contribution in [0.25, 0.3) is 4.98 Å². The van der Waals surface area contributed by atoms with Crippen molar-refractivity contribution in [3.05, 3.63) is 28.7 Å². The summed E-state index contributed by atoms with van der Waals surface area (Å²) in [5, 5.41) is 8.90. The minimum absolute atomic E-state index is 0. The van der Waals surface area contributed by atoms with E-state index in [0.29, 0.717) is 5.69 Å². The lowest BCUT2D eigenvalue weighted by Gasteiger charge is -2.14. The zero-order chi connectivity index (χ0) is 9.97. The van der Waals surface area contributed by atoms with Gasteiger partial charge in [0.05, 0.1) is 0 Å². The van der Waals surface area contributed by atoms with Crippen molar-refractivity contribution < 1.29 is 12.4 Å². The van der Waals surface area contributed by atoms with E-state index in [2.05, 4.69) is 15.9 Å². The van der Waals surface area contributed by atoms with Crippen LogP contribution < -0.4 is 17.3 Å². The molecule has 15 heavy (non-hydrogen) atoms. The van der Waals surface area contributed by atoms with Crippen LogP contribution in [-0.4, -0.2) is 13.1 Å². The molecule has 1 aromatic rings. The number of halogens is 1. The molecule has 0 aromatic heterocycles. The molecule has 1 aliphatic rings. The Labute approximate surface area is 96.1 Å². The van der Waals surface area contributed by atoms with Gasteiger partial charge in [0.25, 0.3) is 0 Å². The number of nitrogens with zero attached hydrogens (tertiary/aromatic N) is 3. The van der Waals surface area contributed by atoms with E-state index in [1.807, 2.05) is 19.1 Å². The summed E-state index contributed by atoms with van der Waals surface area (Å²) in [5.41, 5.74) is 2.86. The summed E-state index contributed by atoms with van der Waals surface area (Å²) < 4.78 is 0. The topological polar surface area (TPSA) is 31.4 Å². The summed E-state index contributed by atoms with van der Waals surface area (Å²) in [4.78, 5) is 5.61. The normalized spacial score (nSPS) is 14.5. The second kappa shape index (κ2) is 4.99. The monoisotopic (exact) mass is 223 g/mol. The number of hydrogen-bond acceptors (Lipinski definition) is 2. The number of benzene rings is 1. The zero-order valence-corrected chi connectivity index (χ0v) is 9.54. The highest BCUT2D eigenvalue weighted by Gasteiger charge is 2.21. The fourth-order valence-corrected chi connectivity index (χ4v) is 1.94. The summed E-state index contributed by atoms with van der Waals surface area (Å²) in [6, 6.07) is 6.01. The molecule has 3 nitrogen and oxygen atoms in total. The van der Waals surface area contributed by atoms with Crippen molar-refractivity contribution in [2.75, 3.05) is 18.0 Å². The van der Waals surface area contributed by atoms with Crippen LogP contribution >= 0.6 is 0 Å². The van der Waals surface area contributed by atoms with Crippen LogP contribution in [-0.2, 0) is 0 Å². The van der Waals surface area contributed by atoms with Gasteiger partial charge < -0.3 is 17.3 Å². The molecule has 0 spiro atoms. The molecule has 1 fully saturated rings. The van der Waals surface area contributed by atoms with Gasteiger partial charge >= 0.3 is 5.69 Å². The van der Waals surface area contributed by atoms with Crippen LogP contribution in [0.5, 0.6) is 0 Å². The lowest BCUT2D eigenvalue weighted by Crippen LogP contribution is -3.00. The van der Waals surface area contributed by atoms with Crippen LogP contribution in [0, 0.1) is 12.3 Å². The van der Waals surface area contributed by atoms with Gasteiger partial charge in [-0.15, -0.1) is 0 Å². The van der Waals surface area contributed by atoms with Gasteiger partial charge in [0.15, 0.2) is 4.98 Å². The Kier molecular flexibility index (Phi) is 3.93. The average Bonchev–Trinajstić information content (AvgIpc) is 2.70. The van der Waals surface area contributed by atoms with E-state index in [9.17, 15) is 0 Å². The van der Waals surface area contributed by atoms with Crippen LogP contribution in [0.3, 0.4) is 0 Å².